The SMILES string of the molecule is CSC(C)CNC(=O)Nc1cc(C(=O)O)ccc1F. The van der Waals surface area contributed by atoms with Gasteiger partial charge in [0, 0.05) is 11.8 Å². The number of nitrogens with one attached hydrogen (secondary N) is 2. The highest BCUT2D eigenvalue weighted by Crippen LogP contribution is 2.16. The summed E-state index contributed by atoms with van der Waals surface area (Å²) in [4.78, 5) is 22.3. The minimum absolute atomic E-state index is 0.0887. The van der Waals surface area contributed by atoms with Crippen LogP contribution in [0.2, 0.25) is 0 Å². The predicted octanol–water partition coefficient (Wildman–Crippen LogP) is 2.40. The highest BCUT2D eigenvalue weighted by atomic mass is 32.2. The molecule has 2 amide bonds. The molecular formula is C12H15FN2O3S. The zero-order chi connectivity index (χ0) is 14.4. The van der Waals surface area contributed by atoms with Crippen LogP contribution in [0.3, 0.4) is 0 Å². The van der Waals surface area contributed by atoms with E-state index < -0.39 is 17.8 Å². The van der Waals surface area contributed by atoms with Crippen molar-refractivity contribution in [2.75, 3.05) is 18.1 Å². The van der Waals surface area contributed by atoms with Gasteiger partial charge >= 0.3 is 12.0 Å². The lowest BCUT2D eigenvalue weighted by Gasteiger charge is -2.11. The van der Waals surface area contributed by atoms with Gasteiger partial charge in [-0.3, -0.25) is 0 Å². The monoisotopic (exact) mass is 286 g/mol. The maximum Gasteiger partial charge on any atom is 0.335 e. The number of carboxylic acid groups (broad SMARTS) is 1. The minimum Gasteiger partial charge on any atom is -0.478 e. The molecule has 19 heavy (non-hydrogen) atoms. The molecule has 104 valence electrons. The molecule has 0 aromatic heterocycles. The first kappa shape index (κ1) is 15.3. The second kappa shape index (κ2) is 6.98. The Kier molecular flexibility index (Phi) is 5.62. The van der Waals surface area contributed by atoms with Crippen molar-refractivity contribution in [3.63, 3.8) is 0 Å². The summed E-state index contributed by atoms with van der Waals surface area (Å²) in [5, 5.41) is 13.9. The summed E-state index contributed by atoms with van der Waals surface area (Å²) < 4.78 is 13.4. The zero-order valence-electron chi connectivity index (χ0n) is 10.6. The number of carbonyl (C=O) groups is 2. The molecule has 0 radical (unpaired) electrons. The number of hydrogen-bond donors (Lipinski definition) is 3. The highest BCUT2D eigenvalue weighted by molar-refractivity contribution is 7.99. The maximum absolute atomic E-state index is 13.4. The average Bonchev–Trinajstić information content (AvgIpc) is 2.38. The van der Waals surface area contributed by atoms with Gasteiger partial charge in [0.1, 0.15) is 5.82 Å². The molecule has 0 aliphatic carbocycles. The number of thioether (sulfide) groups is 1. The Hall–Kier alpha value is -1.76. The van der Waals surface area contributed by atoms with Crippen molar-refractivity contribution in [2.24, 2.45) is 0 Å². The van der Waals surface area contributed by atoms with Gasteiger partial charge in [0.2, 0.25) is 0 Å². The van der Waals surface area contributed by atoms with Crippen molar-refractivity contribution < 1.29 is 19.1 Å². The number of carboxylic acids is 1. The molecule has 0 fully saturated rings. The van der Waals surface area contributed by atoms with Crippen LogP contribution in [-0.2, 0) is 0 Å². The van der Waals surface area contributed by atoms with Crippen LogP contribution in [0.25, 0.3) is 0 Å². The van der Waals surface area contributed by atoms with Gasteiger partial charge in [-0.1, -0.05) is 6.92 Å². The van der Waals surface area contributed by atoms with Crippen molar-refractivity contribution in [2.45, 2.75) is 12.2 Å². The molecule has 0 saturated heterocycles. The average molecular weight is 286 g/mol. The van der Waals surface area contributed by atoms with Crippen LogP contribution in [0.4, 0.5) is 14.9 Å². The van der Waals surface area contributed by atoms with Crippen molar-refractivity contribution in [1.29, 1.82) is 0 Å². The largest absolute Gasteiger partial charge is 0.478 e. The number of carbonyl (C=O) groups excluding carboxylic acids is 1. The van der Waals surface area contributed by atoms with Crippen molar-refractivity contribution in [3.8, 4) is 0 Å². The maximum atomic E-state index is 13.4. The van der Waals surface area contributed by atoms with Gasteiger partial charge in [0.05, 0.1) is 11.3 Å². The second-order valence-corrected chi connectivity index (χ2v) is 5.16. The summed E-state index contributed by atoms with van der Waals surface area (Å²) in [6.07, 6.45) is 1.92. The molecule has 0 spiro atoms. The van der Waals surface area contributed by atoms with Gasteiger partial charge in [-0.15, -0.1) is 0 Å². The number of urea groups is 1. The van der Waals surface area contributed by atoms with Crippen LogP contribution >= 0.6 is 11.8 Å². The molecule has 7 heteroatoms. The number of rotatable bonds is 5. The quantitative estimate of drug-likeness (QED) is 0.776. The van der Waals surface area contributed by atoms with Crippen LogP contribution < -0.4 is 10.6 Å². The number of hydrogen-bond acceptors (Lipinski definition) is 3. The van der Waals surface area contributed by atoms with E-state index in [-0.39, 0.29) is 16.5 Å². The van der Waals surface area contributed by atoms with Crippen LogP contribution in [0.15, 0.2) is 18.2 Å². The molecular weight excluding hydrogens is 271 g/mol. The normalized spacial score (nSPS) is 11.7. The molecule has 0 bridgehead atoms. The van der Waals surface area contributed by atoms with Crippen molar-refractivity contribution >= 4 is 29.4 Å². The molecule has 3 N–H and O–H groups in total. The number of aromatic carboxylic acids is 1. The van der Waals surface area contributed by atoms with Gasteiger partial charge in [0.15, 0.2) is 0 Å². The summed E-state index contributed by atoms with van der Waals surface area (Å²) in [6, 6.07) is 2.65. The van der Waals surface area contributed by atoms with Crippen molar-refractivity contribution in [3.05, 3.63) is 29.6 Å². The zero-order valence-corrected chi connectivity index (χ0v) is 11.4. The third-order valence-corrected chi connectivity index (χ3v) is 3.39. The first-order chi connectivity index (χ1) is 8.93. The number of amides is 2. The summed E-state index contributed by atoms with van der Waals surface area (Å²) in [6.45, 7) is 2.38. The molecule has 1 atom stereocenters. The molecule has 1 rings (SSSR count). The lowest BCUT2D eigenvalue weighted by Crippen LogP contribution is -2.33. The molecule has 1 unspecified atom stereocenters. The molecule has 0 aliphatic rings. The van der Waals surface area contributed by atoms with E-state index in [1.807, 2.05) is 13.2 Å². The van der Waals surface area contributed by atoms with Crippen LogP contribution in [0.1, 0.15) is 17.3 Å². The Balaban J connectivity index is 2.68. The smallest absolute Gasteiger partial charge is 0.335 e. The molecule has 1 aromatic carbocycles. The molecule has 5 nitrogen and oxygen atoms in total. The Labute approximate surface area is 114 Å². The van der Waals surface area contributed by atoms with Gasteiger partial charge in [-0.05, 0) is 24.5 Å². The van der Waals surface area contributed by atoms with Gasteiger partial charge in [-0.2, -0.15) is 11.8 Å². The van der Waals surface area contributed by atoms with Gasteiger partial charge in [-0.25, -0.2) is 14.0 Å². The fourth-order valence-electron chi connectivity index (χ4n) is 1.24. The van der Waals surface area contributed by atoms with E-state index >= 15 is 0 Å². The molecule has 1 aromatic rings. The Bertz CT molecular complexity index is 482. The van der Waals surface area contributed by atoms with Crippen LogP contribution in [0.5, 0.6) is 0 Å². The first-order valence-corrected chi connectivity index (χ1v) is 6.83. The third kappa shape index (κ3) is 4.78. The standard InChI is InChI=1S/C12H15FN2O3S/c1-7(19-2)6-14-12(18)15-10-5-8(11(16)17)3-4-9(10)13/h3-5,7H,6H2,1-2H3,(H,16,17)(H2,14,15,18). The van der Waals surface area contributed by atoms with E-state index in [0.717, 1.165) is 18.2 Å². The number of benzene rings is 1. The lowest BCUT2D eigenvalue weighted by atomic mass is 10.2. The van der Waals surface area contributed by atoms with E-state index in [9.17, 15) is 14.0 Å². The summed E-state index contributed by atoms with van der Waals surface area (Å²) >= 11 is 1.59. The third-order valence-electron chi connectivity index (χ3n) is 2.41. The molecule has 0 heterocycles. The summed E-state index contributed by atoms with van der Waals surface area (Å²) in [5.74, 6) is -1.86. The number of halogens is 1. The second-order valence-electron chi connectivity index (χ2n) is 3.88. The fraction of sp³-hybridized carbons (Fsp3) is 0.333. The fourth-order valence-corrected chi connectivity index (χ4v) is 1.49. The lowest BCUT2D eigenvalue weighted by molar-refractivity contribution is 0.0697. The van der Waals surface area contributed by atoms with E-state index in [4.69, 9.17) is 5.11 Å². The van der Waals surface area contributed by atoms with E-state index in [1.165, 1.54) is 0 Å². The molecule has 0 saturated carbocycles. The van der Waals surface area contributed by atoms with E-state index in [1.54, 1.807) is 11.8 Å². The Morgan fingerprint density at radius 3 is 2.74 bits per heavy atom. The Morgan fingerprint density at radius 1 is 1.47 bits per heavy atom. The van der Waals surface area contributed by atoms with Gasteiger partial charge in [0.25, 0.3) is 0 Å². The van der Waals surface area contributed by atoms with E-state index in [2.05, 4.69) is 10.6 Å². The Morgan fingerprint density at radius 2 is 2.16 bits per heavy atom. The first-order valence-electron chi connectivity index (χ1n) is 5.54. The predicted molar refractivity (Wildman–Crippen MR) is 73.4 cm³/mol. The van der Waals surface area contributed by atoms with Crippen LogP contribution in [-0.4, -0.2) is 35.2 Å². The topological polar surface area (TPSA) is 78.4 Å². The number of anilines is 1. The molecule has 0 aliphatic heterocycles. The highest BCUT2D eigenvalue weighted by Gasteiger charge is 2.11. The summed E-state index contributed by atoms with van der Waals surface area (Å²) in [5.41, 5.74) is -0.247. The van der Waals surface area contributed by atoms with Crippen LogP contribution in [0, 0.1) is 5.82 Å². The van der Waals surface area contributed by atoms with E-state index in [0.29, 0.717) is 6.54 Å². The van der Waals surface area contributed by atoms with Gasteiger partial charge < -0.3 is 15.7 Å². The van der Waals surface area contributed by atoms with Crippen molar-refractivity contribution in [1.82, 2.24) is 5.32 Å². The minimum atomic E-state index is -1.18. The summed E-state index contributed by atoms with van der Waals surface area (Å²) in [7, 11) is 0.